The molecule has 0 radical (unpaired) electrons. The van der Waals surface area contributed by atoms with Crippen LogP contribution in [0.5, 0.6) is 0 Å². The van der Waals surface area contributed by atoms with Gasteiger partial charge in [0, 0.05) is 11.7 Å². The van der Waals surface area contributed by atoms with E-state index in [4.69, 9.17) is 0 Å². The minimum Gasteiger partial charge on any atom is -0.324 e. The highest BCUT2D eigenvalue weighted by Gasteiger charge is 2.39. The van der Waals surface area contributed by atoms with Crippen molar-refractivity contribution >= 4 is 21.7 Å². The molecule has 1 aromatic carbocycles. The molecular formula is C14H13BrN2O. The third-order valence-electron chi connectivity index (χ3n) is 3.36. The molecule has 2 unspecified atom stereocenters. The van der Waals surface area contributed by atoms with Crippen LogP contribution in [0, 0.1) is 5.92 Å². The molecule has 0 spiro atoms. The quantitative estimate of drug-likeness (QED) is 0.879. The van der Waals surface area contributed by atoms with E-state index < -0.39 is 0 Å². The number of carbonyl (C=O) groups is 1. The zero-order chi connectivity index (χ0) is 12.5. The normalized spacial score (nSPS) is 26.2. The summed E-state index contributed by atoms with van der Waals surface area (Å²) in [6.45, 7) is 0. The van der Waals surface area contributed by atoms with Crippen molar-refractivity contribution in [3.8, 4) is 0 Å². The van der Waals surface area contributed by atoms with Crippen molar-refractivity contribution in [2.45, 2.75) is 12.5 Å². The Labute approximate surface area is 114 Å². The standard InChI is InChI=1S/C14H13BrN2O/c15-10-6-7-11-13(14(10)18)12(17-16-11)8-9-4-2-1-3-5-9/h1-7,12-13,16-17H,8H2. The Bertz CT molecular complexity index is 536. The number of Topliss-reactive ketones (excluding diaryl/α,β-unsaturated/α-hetero) is 1. The van der Waals surface area contributed by atoms with Crippen LogP contribution < -0.4 is 10.9 Å². The minimum absolute atomic E-state index is 0.104. The van der Waals surface area contributed by atoms with Gasteiger partial charge in [-0.2, -0.15) is 0 Å². The van der Waals surface area contributed by atoms with Crippen molar-refractivity contribution in [3.05, 3.63) is 58.2 Å². The molecule has 1 aliphatic heterocycles. The summed E-state index contributed by atoms with van der Waals surface area (Å²) in [4.78, 5) is 12.2. The van der Waals surface area contributed by atoms with E-state index in [0.717, 1.165) is 12.1 Å². The van der Waals surface area contributed by atoms with Gasteiger partial charge in [-0.15, -0.1) is 0 Å². The second-order valence-corrected chi connectivity index (χ2v) is 5.40. The van der Waals surface area contributed by atoms with Crippen LogP contribution in [-0.4, -0.2) is 11.8 Å². The van der Waals surface area contributed by atoms with Crippen LogP contribution in [0.1, 0.15) is 5.56 Å². The smallest absolute Gasteiger partial charge is 0.180 e. The Hall–Kier alpha value is -1.39. The van der Waals surface area contributed by atoms with Crippen molar-refractivity contribution in [2.24, 2.45) is 5.92 Å². The first-order chi connectivity index (χ1) is 8.75. The zero-order valence-electron chi connectivity index (χ0n) is 9.69. The molecule has 3 rings (SSSR count). The number of nitrogens with one attached hydrogen (secondary N) is 2. The van der Waals surface area contributed by atoms with E-state index in [-0.39, 0.29) is 17.7 Å². The maximum absolute atomic E-state index is 12.2. The lowest BCUT2D eigenvalue weighted by atomic mass is 9.87. The van der Waals surface area contributed by atoms with Gasteiger partial charge < -0.3 is 5.43 Å². The average molecular weight is 305 g/mol. The third kappa shape index (κ3) is 2.02. The van der Waals surface area contributed by atoms with Gasteiger partial charge in [-0.05, 0) is 40.1 Å². The fourth-order valence-electron chi connectivity index (χ4n) is 2.45. The van der Waals surface area contributed by atoms with Gasteiger partial charge in [0.15, 0.2) is 5.78 Å². The number of hydrogen-bond acceptors (Lipinski definition) is 3. The Morgan fingerprint density at radius 1 is 1.17 bits per heavy atom. The van der Waals surface area contributed by atoms with Crippen LogP contribution in [0.4, 0.5) is 0 Å². The first-order valence-corrected chi connectivity index (χ1v) is 6.72. The largest absolute Gasteiger partial charge is 0.324 e. The first-order valence-electron chi connectivity index (χ1n) is 5.93. The zero-order valence-corrected chi connectivity index (χ0v) is 11.3. The SMILES string of the molecule is O=C1C(Br)=CC=C2NNC(Cc3ccccc3)C12. The van der Waals surface area contributed by atoms with Gasteiger partial charge in [0.1, 0.15) is 0 Å². The number of carbonyl (C=O) groups excluding carboxylic acids is 1. The Morgan fingerprint density at radius 2 is 1.94 bits per heavy atom. The summed E-state index contributed by atoms with van der Waals surface area (Å²) in [7, 11) is 0. The van der Waals surface area contributed by atoms with Crippen LogP contribution in [0.25, 0.3) is 0 Å². The minimum atomic E-state index is -0.107. The molecule has 18 heavy (non-hydrogen) atoms. The van der Waals surface area contributed by atoms with Gasteiger partial charge in [0.2, 0.25) is 0 Å². The van der Waals surface area contributed by atoms with Gasteiger partial charge in [-0.1, -0.05) is 30.3 Å². The number of halogens is 1. The topological polar surface area (TPSA) is 41.1 Å². The first kappa shape index (κ1) is 11.7. The Kier molecular flexibility index (Phi) is 3.06. The predicted molar refractivity (Wildman–Crippen MR) is 73.8 cm³/mol. The highest BCUT2D eigenvalue weighted by atomic mass is 79.9. The number of allylic oxidation sites excluding steroid dienone is 3. The number of hydrogen-bond donors (Lipinski definition) is 2. The van der Waals surface area contributed by atoms with Crippen LogP contribution >= 0.6 is 15.9 Å². The molecule has 0 aromatic heterocycles. The Balaban J connectivity index is 1.82. The molecular weight excluding hydrogens is 292 g/mol. The third-order valence-corrected chi connectivity index (χ3v) is 4.02. The monoisotopic (exact) mass is 304 g/mol. The molecule has 1 aromatic rings. The van der Waals surface area contributed by atoms with E-state index >= 15 is 0 Å². The van der Waals surface area contributed by atoms with Crippen molar-refractivity contribution < 1.29 is 4.79 Å². The number of rotatable bonds is 2. The summed E-state index contributed by atoms with van der Waals surface area (Å²) in [6.07, 6.45) is 4.59. The summed E-state index contributed by atoms with van der Waals surface area (Å²) in [5.41, 5.74) is 8.50. The second kappa shape index (κ2) is 4.71. The van der Waals surface area contributed by atoms with Gasteiger partial charge in [0.25, 0.3) is 0 Å². The Morgan fingerprint density at radius 3 is 2.72 bits per heavy atom. The van der Waals surface area contributed by atoms with Crippen LogP contribution in [-0.2, 0) is 11.2 Å². The van der Waals surface area contributed by atoms with Crippen LogP contribution in [0.15, 0.2) is 52.7 Å². The van der Waals surface area contributed by atoms with Crippen LogP contribution in [0.3, 0.4) is 0 Å². The number of fused-ring (bicyclic) bond motifs is 1. The summed E-state index contributed by atoms with van der Waals surface area (Å²) < 4.78 is 0.653. The molecule has 0 bridgehead atoms. The van der Waals surface area contributed by atoms with E-state index in [0.29, 0.717) is 4.48 Å². The maximum atomic E-state index is 12.2. The average Bonchev–Trinajstić information content (AvgIpc) is 2.79. The molecule has 4 heteroatoms. The summed E-state index contributed by atoms with van der Waals surface area (Å²) >= 11 is 3.31. The molecule has 0 saturated carbocycles. The lowest BCUT2D eigenvalue weighted by Gasteiger charge is -2.19. The highest BCUT2D eigenvalue weighted by Crippen LogP contribution is 2.30. The lowest BCUT2D eigenvalue weighted by Crippen LogP contribution is -2.36. The van der Waals surface area contributed by atoms with E-state index in [1.54, 1.807) is 6.08 Å². The molecule has 1 aliphatic carbocycles. The van der Waals surface area contributed by atoms with Gasteiger partial charge in [-0.3, -0.25) is 4.79 Å². The van der Waals surface area contributed by atoms with Crippen molar-refractivity contribution in [1.82, 2.24) is 10.9 Å². The second-order valence-electron chi connectivity index (χ2n) is 4.54. The maximum Gasteiger partial charge on any atom is 0.180 e. The van der Waals surface area contributed by atoms with Crippen molar-refractivity contribution in [2.75, 3.05) is 0 Å². The molecule has 3 nitrogen and oxygen atoms in total. The van der Waals surface area contributed by atoms with Gasteiger partial charge in [-0.25, -0.2) is 5.43 Å². The molecule has 0 amide bonds. The molecule has 2 N–H and O–H groups in total. The lowest BCUT2D eigenvalue weighted by molar-refractivity contribution is -0.117. The summed E-state index contributed by atoms with van der Waals surface area (Å²) in [5, 5.41) is 0. The van der Waals surface area contributed by atoms with Crippen molar-refractivity contribution in [1.29, 1.82) is 0 Å². The van der Waals surface area contributed by atoms with E-state index in [1.807, 2.05) is 24.3 Å². The number of ketones is 1. The molecule has 1 heterocycles. The van der Waals surface area contributed by atoms with Crippen molar-refractivity contribution in [3.63, 3.8) is 0 Å². The van der Waals surface area contributed by atoms with E-state index in [1.165, 1.54) is 5.56 Å². The predicted octanol–water partition coefficient (Wildman–Crippen LogP) is 2.07. The highest BCUT2D eigenvalue weighted by molar-refractivity contribution is 9.12. The van der Waals surface area contributed by atoms with E-state index in [2.05, 4.69) is 38.9 Å². The molecule has 1 saturated heterocycles. The molecule has 2 atom stereocenters. The van der Waals surface area contributed by atoms with Gasteiger partial charge >= 0.3 is 0 Å². The fourth-order valence-corrected chi connectivity index (χ4v) is 2.83. The van der Waals surface area contributed by atoms with Gasteiger partial charge in [0.05, 0.1) is 10.4 Å². The molecule has 92 valence electrons. The summed E-state index contributed by atoms with van der Waals surface area (Å²) in [6, 6.07) is 10.3. The van der Waals surface area contributed by atoms with E-state index in [9.17, 15) is 4.79 Å². The summed E-state index contributed by atoms with van der Waals surface area (Å²) in [5.74, 6) is 0.0375. The van der Waals surface area contributed by atoms with Crippen LogP contribution in [0.2, 0.25) is 0 Å². The number of hydrazine groups is 1. The fraction of sp³-hybridized carbons (Fsp3) is 0.214. The number of benzene rings is 1. The molecule has 1 fully saturated rings. The molecule has 2 aliphatic rings.